The molecule has 2 rings (SSSR count). The summed E-state index contributed by atoms with van der Waals surface area (Å²) >= 11 is 3.14. The SMILES string of the molecule is NC1(C(=O)Nc2ccc(Br)cc2F)CC1. The molecular weight excluding hydrogens is 263 g/mol. The maximum absolute atomic E-state index is 13.3. The Morgan fingerprint density at radius 3 is 2.73 bits per heavy atom. The van der Waals surface area contributed by atoms with Gasteiger partial charge in [-0.15, -0.1) is 0 Å². The number of halogens is 2. The summed E-state index contributed by atoms with van der Waals surface area (Å²) in [6, 6.07) is 4.46. The highest BCUT2D eigenvalue weighted by atomic mass is 79.9. The summed E-state index contributed by atoms with van der Waals surface area (Å²) in [6.45, 7) is 0. The summed E-state index contributed by atoms with van der Waals surface area (Å²) in [6.07, 6.45) is 1.33. The fourth-order valence-electron chi connectivity index (χ4n) is 1.20. The Morgan fingerprint density at radius 1 is 1.53 bits per heavy atom. The fraction of sp³-hybridized carbons (Fsp3) is 0.300. The zero-order valence-electron chi connectivity index (χ0n) is 7.89. The zero-order valence-corrected chi connectivity index (χ0v) is 9.47. The lowest BCUT2D eigenvalue weighted by molar-refractivity contribution is -0.118. The van der Waals surface area contributed by atoms with Crippen LogP contribution >= 0.6 is 15.9 Å². The fourth-order valence-corrected chi connectivity index (χ4v) is 1.53. The van der Waals surface area contributed by atoms with Crippen LogP contribution in [-0.2, 0) is 4.79 Å². The highest BCUT2D eigenvalue weighted by molar-refractivity contribution is 9.10. The van der Waals surface area contributed by atoms with Gasteiger partial charge < -0.3 is 11.1 Å². The predicted molar refractivity (Wildman–Crippen MR) is 58.9 cm³/mol. The van der Waals surface area contributed by atoms with Crippen molar-refractivity contribution in [2.24, 2.45) is 5.73 Å². The molecule has 1 saturated carbocycles. The molecule has 15 heavy (non-hydrogen) atoms. The van der Waals surface area contributed by atoms with Crippen LogP contribution in [0.25, 0.3) is 0 Å². The third-order valence-corrected chi connectivity index (χ3v) is 2.91. The summed E-state index contributed by atoms with van der Waals surface area (Å²) < 4.78 is 14.0. The average Bonchev–Trinajstić information content (AvgIpc) is 2.90. The van der Waals surface area contributed by atoms with Gasteiger partial charge in [0, 0.05) is 4.47 Å². The van der Waals surface area contributed by atoms with Crippen molar-refractivity contribution in [1.82, 2.24) is 0 Å². The predicted octanol–water partition coefficient (Wildman–Crippen LogP) is 2.02. The van der Waals surface area contributed by atoms with Crippen LogP contribution in [0.3, 0.4) is 0 Å². The first kappa shape index (κ1) is 10.6. The lowest BCUT2D eigenvalue weighted by Gasteiger charge is -2.10. The maximum Gasteiger partial charge on any atom is 0.244 e. The molecule has 0 aromatic heterocycles. The van der Waals surface area contributed by atoms with Crippen molar-refractivity contribution < 1.29 is 9.18 Å². The third kappa shape index (κ3) is 2.18. The van der Waals surface area contributed by atoms with Gasteiger partial charge in [-0.3, -0.25) is 4.79 Å². The van der Waals surface area contributed by atoms with Crippen LogP contribution < -0.4 is 11.1 Å². The molecule has 1 aliphatic carbocycles. The number of carbonyl (C=O) groups is 1. The van der Waals surface area contributed by atoms with Crippen molar-refractivity contribution in [3.63, 3.8) is 0 Å². The van der Waals surface area contributed by atoms with E-state index in [0.29, 0.717) is 17.3 Å². The van der Waals surface area contributed by atoms with Gasteiger partial charge in [-0.2, -0.15) is 0 Å². The monoisotopic (exact) mass is 272 g/mol. The van der Waals surface area contributed by atoms with Crippen LogP contribution in [0.15, 0.2) is 22.7 Å². The Hall–Kier alpha value is -0.940. The number of carbonyl (C=O) groups excluding carboxylic acids is 1. The Bertz CT molecular complexity index is 418. The van der Waals surface area contributed by atoms with E-state index < -0.39 is 11.4 Å². The number of nitrogens with one attached hydrogen (secondary N) is 1. The molecule has 5 heteroatoms. The molecular formula is C10H10BrFN2O. The van der Waals surface area contributed by atoms with Crippen LogP contribution in [0.4, 0.5) is 10.1 Å². The molecule has 0 radical (unpaired) electrons. The van der Waals surface area contributed by atoms with E-state index in [2.05, 4.69) is 21.2 Å². The van der Waals surface area contributed by atoms with E-state index in [4.69, 9.17) is 5.73 Å². The average molecular weight is 273 g/mol. The van der Waals surface area contributed by atoms with Crippen molar-refractivity contribution in [1.29, 1.82) is 0 Å². The van der Waals surface area contributed by atoms with Crippen molar-refractivity contribution in [2.75, 3.05) is 5.32 Å². The molecule has 0 aliphatic heterocycles. The molecule has 0 saturated heterocycles. The molecule has 1 aromatic rings. The van der Waals surface area contributed by atoms with Crippen LogP contribution in [0.5, 0.6) is 0 Å². The van der Waals surface area contributed by atoms with Gasteiger partial charge in [0.2, 0.25) is 5.91 Å². The van der Waals surface area contributed by atoms with E-state index in [-0.39, 0.29) is 11.6 Å². The number of hydrogen-bond donors (Lipinski definition) is 2. The Morgan fingerprint density at radius 2 is 2.20 bits per heavy atom. The van der Waals surface area contributed by atoms with E-state index in [9.17, 15) is 9.18 Å². The van der Waals surface area contributed by atoms with Crippen molar-refractivity contribution >= 4 is 27.5 Å². The molecule has 3 nitrogen and oxygen atoms in total. The molecule has 0 unspecified atom stereocenters. The minimum Gasteiger partial charge on any atom is -0.322 e. The summed E-state index contributed by atoms with van der Waals surface area (Å²) in [5.74, 6) is -0.786. The van der Waals surface area contributed by atoms with Crippen LogP contribution in [0, 0.1) is 5.82 Å². The van der Waals surface area contributed by atoms with Crippen LogP contribution in [0.2, 0.25) is 0 Å². The number of anilines is 1. The van der Waals surface area contributed by atoms with E-state index in [1.165, 1.54) is 12.1 Å². The number of rotatable bonds is 2. The van der Waals surface area contributed by atoms with E-state index in [1.807, 2.05) is 0 Å². The highest BCUT2D eigenvalue weighted by Gasteiger charge is 2.46. The molecule has 1 aliphatic rings. The molecule has 1 fully saturated rings. The molecule has 0 atom stereocenters. The second kappa shape index (κ2) is 3.57. The second-order valence-electron chi connectivity index (χ2n) is 3.73. The molecule has 3 N–H and O–H groups in total. The Labute approximate surface area is 95.0 Å². The van der Waals surface area contributed by atoms with E-state index in [1.54, 1.807) is 6.07 Å². The molecule has 80 valence electrons. The van der Waals surface area contributed by atoms with Crippen molar-refractivity contribution in [3.05, 3.63) is 28.5 Å². The van der Waals surface area contributed by atoms with Gasteiger partial charge in [-0.25, -0.2) is 4.39 Å². The summed E-state index contributed by atoms with van der Waals surface area (Å²) in [5.41, 5.74) is 5.06. The molecule has 1 amide bonds. The largest absolute Gasteiger partial charge is 0.322 e. The Kier molecular flexibility index (Phi) is 2.52. The maximum atomic E-state index is 13.3. The van der Waals surface area contributed by atoms with Gasteiger partial charge in [0.05, 0.1) is 11.2 Å². The molecule has 0 spiro atoms. The van der Waals surface area contributed by atoms with Crippen molar-refractivity contribution in [2.45, 2.75) is 18.4 Å². The first-order valence-electron chi connectivity index (χ1n) is 4.57. The molecule has 1 aromatic carbocycles. The van der Waals surface area contributed by atoms with Gasteiger partial charge in [-0.1, -0.05) is 15.9 Å². The number of nitrogens with two attached hydrogens (primary N) is 1. The second-order valence-corrected chi connectivity index (χ2v) is 4.65. The minimum absolute atomic E-state index is 0.167. The number of amides is 1. The van der Waals surface area contributed by atoms with Crippen molar-refractivity contribution in [3.8, 4) is 0 Å². The first-order valence-corrected chi connectivity index (χ1v) is 5.36. The summed E-state index contributed by atoms with van der Waals surface area (Å²) in [5, 5.41) is 2.48. The van der Waals surface area contributed by atoms with Gasteiger partial charge >= 0.3 is 0 Å². The Balaban J connectivity index is 2.14. The third-order valence-electron chi connectivity index (χ3n) is 2.42. The first-order chi connectivity index (χ1) is 7.01. The molecule has 0 bridgehead atoms. The summed E-state index contributed by atoms with van der Waals surface area (Å²) in [7, 11) is 0. The van der Waals surface area contributed by atoms with Crippen LogP contribution in [0.1, 0.15) is 12.8 Å². The van der Waals surface area contributed by atoms with Gasteiger partial charge in [-0.05, 0) is 31.0 Å². The minimum atomic E-state index is -0.778. The summed E-state index contributed by atoms with van der Waals surface area (Å²) in [4.78, 5) is 11.5. The number of benzene rings is 1. The smallest absolute Gasteiger partial charge is 0.244 e. The molecule has 0 heterocycles. The van der Waals surface area contributed by atoms with Crippen LogP contribution in [-0.4, -0.2) is 11.4 Å². The highest BCUT2D eigenvalue weighted by Crippen LogP contribution is 2.33. The normalized spacial score (nSPS) is 17.3. The lowest BCUT2D eigenvalue weighted by Crippen LogP contribution is -2.38. The topological polar surface area (TPSA) is 55.1 Å². The van der Waals surface area contributed by atoms with E-state index in [0.717, 1.165) is 0 Å². The van der Waals surface area contributed by atoms with Gasteiger partial charge in [0.25, 0.3) is 0 Å². The lowest BCUT2D eigenvalue weighted by atomic mass is 10.2. The van der Waals surface area contributed by atoms with E-state index >= 15 is 0 Å². The standard InChI is InChI=1S/C10H10BrFN2O/c11-6-1-2-8(7(12)5-6)14-9(15)10(13)3-4-10/h1-2,5H,3-4,13H2,(H,14,15). The zero-order chi connectivity index (χ0) is 11.1. The van der Waals surface area contributed by atoms with Gasteiger partial charge in [0.1, 0.15) is 5.82 Å². The van der Waals surface area contributed by atoms with Gasteiger partial charge in [0.15, 0.2) is 0 Å². The number of hydrogen-bond acceptors (Lipinski definition) is 2. The quantitative estimate of drug-likeness (QED) is 0.866.